The van der Waals surface area contributed by atoms with E-state index in [1.165, 1.54) is 23.5 Å². The normalized spacial score (nSPS) is 10.7. The van der Waals surface area contributed by atoms with Crippen LogP contribution >= 0.6 is 11.3 Å². The predicted octanol–water partition coefficient (Wildman–Crippen LogP) is 2.13. The molecule has 3 N–H and O–H groups in total. The summed E-state index contributed by atoms with van der Waals surface area (Å²) in [6.45, 7) is -2.29. The number of benzene rings is 1. The van der Waals surface area contributed by atoms with Crippen molar-refractivity contribution >= 4 is 17.2 Å². The van der Waals surface area contributed by atoms with E-state index < -0.39 is 6.61 Å². The molecule has 1 aromatic carbocycles. The maximum Gasteiger partial charge on any atom is 0.387 e. The predicted molar refractivity (Wildman–Crippen MR) is 74.2 cm³/mol. The van der Waals surface area contributed by atoms with Gasteiger partial charge in [0.1, 0.15) is 16.5 Å². The van der Waals surface area contributed by atoms with Crippen LogP contribution in [0.3, 0.4) is 0 Å². The standard InChI is InChI=1S/C13H13F2N3O2S/c14-13(15)20-9-3-1-8(2-4-9)6-17-12(19)10-7-21-11(5-16)18-10/h1-4,7,13H,5-6,16H2,(H,17,19). The third-order valence-electron chi connectivity index (χ3n) is 2.56. The average Bonchev–Trinajstić information content (AvgIpc) is 2.94. The van der Waals surface area contributed by atoms with E-state index in [4.69, 9.17) is 5.73 Å². The fourth-order valence-corrected chi connectivity index (χ4v) is 2.23. The molecule has 0 bridgehead atoms. The smallest absolute Gasteiger partial charge is 0.387 e. The zero-order valence-electron chi connectivity index (χ0n) is 10.9. The number of nitrogens with zero attached hydrogens (tertiary/aromatic N) is 1. The summed E-state index contributed by atoms with van der Waals surface area (Å²) >= 11 is 1.32. The van der Waals surface area contributed by atoms with Crippen LogP contribution in [0.2, 0.25) is 0 Å². The van der Waals surface area contributed by atoms with E-state index >= 15 is 0 Å². The van der Waals surface area contributed by atoms with E-state index in [9.17, 15) is 13.6 Å². The van der Waals surface area contributed by atoms with Crippen LogP contribution in [0.25, 0.3) is 0 Å². The maximum absolute atomic E-state index is 12.0. The minimum absolute atomic E-state index is 0.0761. The van der Waals surface area contributed by atoms with Crippen LogP contribution in [-0.4, -0.2) is 17.5 Å². The van der Waals surface area contributed by atoms with Crippen LogP contribution in [0.4, 0.5) is 8.78 Å². The van der Waals surface area contributed by atoms with Gasteiger partial charge in [-0.05, 0) is 17.7 Å². The fraction of sp³-hybridized carbons (Fsp3) is 0.231. The van der Waals surface area contributed by atoms with Crippen LogP contribution in [-0.2, 0) is 13.1 Å². The number of carbonyl (C=O) groups is 1. The first kappa shape index (κ1) is 15.3. The first-order valence-corrected chi connectivity index (χ1v) is 6.93. The van der Waals surface area contributed by atoms with Gasteiger partial charge >= 0.3 is 6.61 Å². The molecule has 0 aliphatic rings. The van der Waals surface area contributed by atoms with Crippen molar-refractivity contribution in [2.75, 3.05) is 0 Å². The molecule has 0 radical (unpaired) electrons. The minimum atomic E-state index is -2.85. The number of nitrogens with two attached hydrogens (primary N) is 1. The molecule has 1 amide bonds. The first-order valence-electron chi connectivity index (χ1n) is 6.05. The second-order valence-electron chi connectivity index (χ2n) is 4.04. The Morgan fingerprint density at radius 1 is 1.38 bits per heavy atom. The lowest BCUT2D eigenvalue weighted by atomic mass is 10.2. The van der Waals surface area contributed by atoms with Gasteiger partial charge in [-0.3, -0.25) is 4.79 Å². The van der Waals surface area contributed by atoms with Gasteiger partial charge in [0.05, 0.1) is 0 Å². The zero-order valence-corrected chi connectivity index (χ0v) is 11.7. The summed E-state index contributed by atoms with van der Waals surface area (Å²) < 4.78 is 28.2. The Kier molecular flexibility index (Phi) is 5.18. The molecule has 8 heteroatoms. The van der Waals surface area contributed by atoms with Gasteiger partial charge in [0, 0.05) is 18.5 Å². The van der Waals surface area contributed by atoms with E-state index in [1.807, 2.05) is 0 Å². The average molecular weight is 313 g/mol. The van der Waals surface area contributed by atoms with Gasteiger partial charge in [-0.1, -0.05) is 12.1 Å². The number of hydrogen-bond donors (Lipinski definition) is 2. The van der Waals surface area contributed by atoms with E-state index in [1.54, 1.807) is 17.5 Å². The number of rotatable bonds is 6. The zero-order chi connectivity index (χ0) is 15.2. The minimum Gasteiger partial charge on any atom is -0.435 e. The molecule has 0 aliphatic carbocycles. The third-order valence-corrected chi connectivity index (χ3v) is 3.43. The van der Waals surface area contributed by atoms with Gasteiger partial charge < -0.3 is 15.8 Å². The summed E-state index contributed by atoms with van der Waals surface area (Å²) in [7, 11) is 0. The largest absolute Gasteiger partial charge is 0.435 e. The molecule has 0 aliphatic heterocycles. The number of ether oxygens (including phenoxy) is 1. The monoisotopic (exact) mass is 313 g/mol. The highest BCUT2D eigenvalue weighted by Crippen LogP contribution is 2.15. The molecule has 0 unspecified atom stereocenters. The van der Waals surface area contributed by atoms with Crippen molar-refractivity contribution in [3.8, 4) is 5.75 Å². The highest BCUT2D eigenvalue weighted by Gasteiger charge is 2.10. The number of hydrogen-bond acceptors (Lipinski definition) is 5. The number of aromatic nitrogens is 1. The molecule has 2 rings (SSSR count). The Morgan fingerprint density at radius 2 is 2.10 bits per heavy atom. The van der Waals surface area contributed by atoms with Crippen molar-refractivity contribution in [2.45, 2.75) is 19.7 Å². The molecule has 0 spiro atoms. The number of halogens is 2. The van der Waals surface area contributed by atoms with E-state index in [0.717, 1.165) is 5.56 Å². The molecule has 5 nitrogen and oxygen atoms in total. The molecule has 0 saturated carbocycles. The number of nitrogens with one attached hydrogen (secondary N) is 1. The summed E-state index contributed by atoms with van der Waals surface area (Å²) in [6.07, 6.45) is 0. The van der Waals surface area contributed by atoms with Gasteiger partial charge in [0.2, 0.25) is 0 Å². The van der Waals surface area contributed by atoms with Gasteiger partial charge in [-0.15, -0.1) is 11.3 Å². The summed E-state index contributed by atoms with van der Waals surface area (Å²) in [5, 5.41) is 5.01. The first-order chi connectivity index (χ1) is 10.1. The van der Waals surface area contributed by atoms with Gasteiger partial charge in [-0.25, -0.2) is 4.98 Å². The van der Waals surface area contributed by atoms with Crippen molar-refractivity contribution < 1.29 is 18.3 Å². The topological polar surface area (TPSA) is 77.2 Å². The van der Waals surface area contributed by atoms with Crippen molar-refractivity contribution in [1.82, 2.24) is 10.3 Å². The summed E-state index contributed by atoms with van der Waals surface area (Å²) in [5.74, 6) is -0.231. The van der Waals surface area contributed by atoms with E-state index in [0.29, 0.717) is 17.2 Å². The molecule has 112 valence electrons. The second kappa shape index (κ2) is 7.09. The van der Waals surface area contributed by atoms with Crippen LogP contribution in [0, 0.1) is 0 Å². The fourth-order valence-electron chi connectivity index (χ4n) is 1.57. The van der Waals surface area contributed by atoms with E-state index in [2.05, 4.69) is 15.0 Å². The van der Waals surface area contributed by atoms with Crippen LogP contribution in [0.5, 0.6) is 5.75 Å². The molecule has 0 fully saturated rings. The highest BCUT2D eigenvalue weighted by atomic mass is 32.1. The van der Waals surface area contributed by atoms with Gasteiger partial charge in [-0.2, -0.15) is 8.78 Å². The van der Waals surface area contributed by atoms with Crippen molar-refractivity contribution in [1.29, 1.82) is 0 Å². The second-order valence-corrected chi connectivity index (χ2v) is 4.98. The van der Waals surface area contributed by atoms with E-state index in [-0.39, 0.29) is 18.2 Å². The Morgan fingerprint density at radius 3 is 2.67 bits per heavy atom. The molecule has 0 saturated heterocycles. The molecule has 0 atom stereocenters. The Balaban J connectivity index is 1.88. The summed E-state index contributed by atoms with van der Waals surface area (Å²) in [4.78, 5) is 15.9. The number of carbonyl (C=O) groups excluding carboxylic acids is 1. The number of thiazole rings is 1. The molecule has 1 heterocycles. The molecular formula is C13H13F2N3O2S. The molecule has 2 aromatic rings. The number of amides is 1. The quantitative estimate of drug-likeness (QED) is 0.856. The Labute approximate surface area is 123 Å². The Hall–Kier alpha value is -2.06. The van der Waals surface area contributed by atoms with Crippen LogP contribution in [0.15, 0.2) is 29.6 Å². The molecule has 1 aromatic heterocycles. The molecular weight excluding hydrogens is 300 g/mol. The van der Waals surface area contributed by atoms with Gasteiger partial charge in [0.25, 0.3) is 5.91 Å². The van der Waals surface area contributed by atoms with Crippen molar-refractivity contribution in [2.24, 2.45) is 5.73 Å². The van der Waals surface area contributed by atoms with Crippen LogP contribution in [0.1, 0.15) is 21.1 Å². The summed E-state index contributed by atoms with van der Waals surface area (Å²) in [5.41, 5.74) is 6.51. The molecule has 21 heavy (non-hydrogen) atoms. The maximum atomic E-state index is 12.0. The van der Waals surface area contributed by atoms with Gasteiger partial charge in [0.15, 0.2) is 0 Å². The lowest BCUT2D eigenvalue weighted by Gasteiger charge is -2.06. The lowest BCUT2D eigenvalue weighted by Crippen LogP contribution is -2.23. The van der Waals surface area contributed by atoms with Crippen LogP contribution < -0.4 is 15.8 Å². The van der Waals surface area contributed by atoms with Crippen molar-refractivity contribution in [3.05, 3.63) is 45.9 Å². The highest BCUT2D eigenvalue weighted by molar-refractivity contribution is 7.09. The third kappa shape index (κ3) is 4.47. The number of alkyl halides is 2. The SMILES string of the molecule is NCc1nc(C(=O)NCc2ccc(OC(F)F)cc2)cs1. The lowest BCUT2D eigenvalue weighted by molar-refractivity contribution is -0.0498. The summed E-state index contributed by atoms with van der Waals surface area (Å²) in [6, 6.07) is 6.04. The Bertz CT molecular complexity index is 602. The van der Waals surface area contributed by atoms with Crippen molar-refractivity contribution in [3.63, 3.8) is 0 Å².